The maximum absolute atomic E-state index is 12.2. The number of fused-ring (bicyclic) bond motifs is 5. The van der Waals surface area contributed by atoms with Crippen LogP contribution in [0.5, 0.6) is 0 Å². The highest BCUT2D eigenvalue weighted by Gasteiger charge is 2.65. The minimum Gasteiger partial charge on any atom is -0.351 e. The molecular formula is C18H24N2O. The van der Waals surface area contributed by atoms with Crippen LogP contribution >= 0.6 is 0 Å². The van der Waals surface area contributed by atoms with Crippen molar-refractivity contribution in [2.75, 3.05) is 0 Å². The summed E-state index contributed by atoms with van der Waals surface area (Å²) in [5.41, 5.74) is 7.32. The average molecular weight is 284 g/mol. The van der Waals surface area contributed by atoms with E-state index in [0.717, 1.165) is 36.5 Å². The molecule has 3 aliphatic carbocycles. The van der Waals surface area contributed by atoms with Gasteiger partial charge in [0.2, 0.25) is 5.91 Å². The van der Waals surface area contributed by atoms with E-state index in [0.29, 0.717) is 6.04 Å². The summed E-state index contributed by atoms with van der Waals surface area (Å²) in [4.78, 5) is 12.2. The highest BCUT2D eigenvalue weighted by Crippen LogP contribution is 2.65. The van der Waals surface area contributed by atoms with Crippen molar-refractivity contribution in [1.29, 1.82) is 0 Å². The standard InChI is InChI=1S/C18H24N2O/c19-14(9-6-11-4-2-1-3-5-11)18(21)20-17-15-12-7-8-13(10-12)16(15)17/h1-5,12-17H,6-10,19H2,(H,20,21)/t12?,13?,14-,15?,16?,17?/m0/s1. The highest BCUT2D eigenvalue weighted by atomic mass is 16.2. The smallest absolute Gasteiger partial charge is 0.237 e. The second-order valence-corrected chi connectivity index (χ2v) is 7.15. The molecule has 21 heavy (non-hydrogen) atoms. The maximum atomic E-state index is 12.2. The lowest BCUT2D eigenvalue weighted by atomic mass is 10.0. The fraction of sp³-hybridized carbons (Fsp3) is 0.611. The van der Waals surface area contributed by atoms with Crippen molar-refractivity contribution in [2.24, 2.45) is 29.4 Å². The SMILES string of the molecule is N[C@@H](CCc1ccccc1)C(=O)NC1C2C3CCC(C3)C12. The Balaban J connectivity index is 1.26. The molecule has 3 nitrogen and oxygen atoms in total. The van der Waals surface area contributed by atoms with E-state index in [4.69, 9.17) is 5.73 Å². The Labute approximate surface area is 126 Å². The molecule has 3 saturated carbocycles. The van der Waals surface area contributed by atoms with E-state index in [9.17, 15) is 4.79 Å². The van der Waals surface area contributed by atoms with E-state index in [1.807, 2.05) is 18.2 Å². The lowest BCUT2D eigenvalue weighted by molar-refractivity contribution is -0.122. The molecule has 2 bridgehead atoms. The predicted molar refractivity (Wildman–Crippen MR) is 82.5 cm³/mol. The molecular weight excluding hydrogens is 260 g/mol. The summed E-state index contributed by atoms with van der Waals surface area (Å²) in [6.45, 7) is 0. The fourth-order valence-corrected chi connectivity index (χ4v) is 4.89. The monoisotopic (exact) mass is 284 g/mol. The minimum absolute atomic E-state index is 0.0599. The van der Waals surface area contributed by atoms with E-state index >= 15 is 0 Å². The number of carbonyl (C=O) groups excluding carboxylic acids is 1. The molecule has 0 aromatic heterocycles. The molecule has 0 spiro atoms. The number of carbonyl (C=O) groups is 1. The number of rotatable bonds is 5. The van der Waals surface area contributed by atoms with Crippen LogP contribution in [0.1, 0.15) is 31.2 Å². The summed E-state index contributed by atoms with van der Waals surface area (Å²) < 4.78 is 0. The minimum atomic E-state index is -0.371. The van der Waals surface area contributed by atoms with Crippen LogP contribution in [-0.2, 0) is 11.2 Å². The van der Waals surface area contributed by atoms with Gasteiger partial charge >= 0.3 is 0 Å². The van der Waals surface area contributed by atoms with Crippen molar-refractivity contribution in [3.05, 3.63) is 35.9 Å². The topological polar surface area (TPSA) is 55.1 Å². The second-order valence-electron chi connectivity index (χ2n) is 7.15. The molecule has 0 radical (unpaired) electrons. The zero-order valence-electron chi connectivity index (χ0n) is 12.4. The van der Waals surface area contributed by atoms with Crippen molar-refractivity contribution in [1.82, 2.24) is 5.32 Å². The largest absolute Gasteiger partial charge is 0.351 e. The second kappa shape index (κ2) is 5.13. The first-order valence-corrected chi connectivity index (χ1v) is 8.34. The molecule has 1 amide bonds. The zero-order chi connectivity index (χ0) is 14.4. The first-order valence-electron chi connectivity index (χ1n) is 8.34. The van der Waals surface area contributed by atoms with Gasteiger partial charge in [0.05, 0.1) is 6.04 Å². The van der Waals surface area contributed by atoms with Crippen molar-refractivity contribution < 1.29 is 4.79 Å². The summed E-state index contributed by atoms with van der Waals surface area (Å²) in [5, 5.41) is 3.23. The van der Waals surface area contributed by atoms with Crippen molar-refractivity contribution in [3.63, 3.8) is 0 Å². The summed E-state index contributed by atoms with van der Waals surface area (Å²) in [7, 11) is 0. The van der Waals surface area contributed by atoms with Gasteiger partial charge in [-0.15, -0.1) is 0 Å². The Morgan fingerprint density at radius 1 is 1.19 bits per heavy atom. The number of aryl methyl sites for hydroxylation is 1. The molecule has 3 heteroatoms. The van der Waals surface area contributed by atoms with Crippen LogP contribution in [-0.4, -0.2) is 18.0 Å². The van der Waals surface area contributed by atoms with E-state index in [-0.39, 0.29) is 11.9 Å². The molecule has 3 N–H and O–H groups in total. The molecule has 4 rings (SSSR count). The zero-order valence-corrected chi connectivity index (χ0v) is 12.4. The molecule has 3 aliphatic rings. The number of hydrogen-bond acceptors (Lipinski definition) is 2. The number of nitrogens with two attached hydrogens (primary N) is 1. The van der Waals surface area contributed by atoms with Crippen LogP contribution in [0.2, 0.25) is 0 Å². The molecule has 0 aliphatic heterocycles. The molecule has 5 atom stereocenters. The maximum Gasteiger partial charge on any atom is 0.237 e. The van der Waals surface area contributed by atoms with Gasteiger partial charge in [-0.05, 0) is 61.3 Å². The predicted octanol–water partition coefficient (Wildman–Crippen LogP) is 2.11. The number of nitrogens with one attached hydrogen (secondary N) is 1. The summed E-state index contributed by atoms with van der Waals surface area (Å²) >= 11 is 0. The van der Waals surface area contributed by atoms with Crippen LogP contribution in [0.15, 0.2) is 30.3 Å². The van der Waals surface area contributed by atoms with E-state index in [1.165, 1.54) is 24.8 Å². The lowest BCUT2D eigenvalue weighted by Gasteiger charge is -2.15. The molecule has 112 valence electrons. The molecule has 1 aromatic carbocycles. The van der Waals surface area contributed by atoms with Crippen LogP contribution in [0.25, 0.3) is 0 Å². The quantitative estimate of drug-likeness (QED) is 0.870. The van der Waals surface area contributed by atoms with Crippen molar-refractivity contribution in [2.45, 2.75) is 44.2 Å². The first-order chi connectivity index (χ1) is 10.2. The van der Waals surface area contributed by atoms with Gasteiger partial charge in [0, 0.05) is 6.04 Å². The molecule has 1 aromatic rings. The van der Waals surface area contributed by atoms with Gasteiger partial charge in [-0.2, -0.15) is 0 Å². The Hall–Kier alpha value is -1.35. The van der Waals surface area contributed by atoms with E-state index < -0.39 is 0 Å². The molecule has 4 unspecified atom stereocenters. The van der Waals surface area contributed by atoms with Gasteiger partial charge in [0.1, 0.15) is 0 Å². The number of benzene rings is 1. The first kappa shape index (κ1) is 13.3. The van der Waals surface area contributed by atoms with Gasteiger partial charge in [-0.1, -0.05) is 30.3 Å². The van der Waals surface area contributed by atoms with E-state index in [1.54, 1.807) is 0 Å². The van der Waals surface area contributed by atoms with Gasteiger partial charge in [-0.25, -0.2) is 0 Å². The average Bonchev–Trinajstić information content (AvgIpc) is 2.90. The fourth-order valence-electron chi connectivity index (χ4n) is 4.89. The molecule has 0 saturated heterocycles. The third-order valence-corrected chi connectivity index (χ3v) is 5.97. The highest BCUT2D eigenvalue weighted by molar-refractivity contribution is 5.82. The number of amides is 1. The Bertz CT molecular complexity index is 513. The van der Waals surface area contributed by atoms with Crippen LogP contribution in [0.4, 0.5) is 0 Å². The third kappa shape index (κ3) is 2.38. The van der Waals surface area contributed by atoms with Crippen molar-refractivity contribution in [3.8, 4) is 0 Å². The summed E-state index contributed by atoms with van der Waals surface area (Å²) in [5.74, 6) is 3.42. The lowest BCUT2D eigenvalue weighted by Crippen LogP contribution is -2.43. The van der Waals surface area contributed by atoms with Gasteiger partial charge in [-0.3, -0.25) is 4.79 Å². The normalized spacial score (nSPS) is 37.1. The summed E-state index contributed by atoms with van der Waals surface area (Å²) in [6, 6.07) is 10.3. The molecule has 3 fully saturated rings. The van der Waals surface area contributed by atoms with Gasteiger partial charge in [0.15, 0.2) is 0 Å². The Morgan fingerprint density at radius 2 is 1.86 bits per heavy atom. The van der Waals surface area contributed by atoms with Gasteiger partial charge in [0.25, 0.3) is 0 Å². The van der Waals surface area contributed by atoms with Gasteiger partial charge < -0.3 is 11.1 Å². The number of hydrogen-bond donors (Lipinski definition) is 2. The van der Waals surface area contributed by atoms with Crippen LogP contribution < -0.4 is 11.1 Å². The Kier molecular flexibility index (Phi) is 3.26. The molecule has 0 heterocycles. The summed E-state index contributed by atoms with van der Waals surface area (Å²) in [6.07, 6.45) is 5.79. The van der Waals surface area contributed by atoms with Crippen LogP contribution in [0, 0.1) is 23.7 Å². The van der Waals surface area contributed by atoms with Crippen LogP contribution in [0.3, 0.4) is 0 Å². The van der Waals surface area contributed by atoms with E-state index in [2.05, 4.69) is 17.4 Å². The third-order valence-electron chi connectivity index (χ3n) is 5.97. The Morgan fingerprint density at radius 3 is 2.52 bits per heavy atom. The van der Waals surface area contributed by atoms with Crippen molar-refractivity contribution >= 4 is 5.91 Å².